The van der Waals surface area contributed by atoms with Gasteiger partial charge in [-0.1, -0.05) is 12.1 Å². The van der Waals surface area contributed by atoms with Crippen LogP contribution in [0.1, 0.15) is 18.7 Å². The van der Waals surface area contributed by atoms with Crippen molar-refractivity contribution < 1.29 is 13.9 Å². The Morgan fingerprint density at radius 3 is 2.52 bits per heavy atom. The van der Waals surface area contributed by atoms with Crippen LogP contribution in [-0.2, 0) is 4.74 Å². The summed E-state index contributed by atoms with van der Waals surface area (Å²) in [7, 11) is 0. The van der Waals surface area contributed by atoms with Crippen LogP contribution in [0.5, 0.6) is 5.88 Å². The van der Waals surface area contributed by atoms with Gasteiger partial charge in [-0.15, -0.1) is 0 Å². The first kappa shape index (κ1) is 17.5. The molecule has 2 aromatic heterocycles. The lowest BCUT2D eigenvalue weighted by Gasteiger charge is -2.23. The third-order valence-corrected chi connectivity index (χ3v) is 4.59. The van der Waals surface area contributed by atoms with Crippen molar-refractivity contribution >= 4 is 0 Å². The maximum Gasteiger partial charge on any atom is 0.221 e. The highest BCUT2D eigenvalue weighted by Crippen LogP contribution is 2.32. The summed E-state index contributed by atoms with van der Waals surface area (Å²) in [5.74, 6) is 0.845. The molecule has 5 nitrogen and oxygen atoms in total. The fourth-order valence-electron chi connectivity index (χ4n) is 3.10. The van der Waals surface area contributed by atoms with Crippen molar-refractivity contribution in [2.24, 2.45) is 0 Å². The number of aromatic nitrogens is 3. The topological polar surface area (TPSA) is 57.1 Å². The number of benzene rings is 1. The summed E-state index contributed by atoms with van der Waals surface area (Å²) in [5, 5.41) is 0. The molecule has 0 unspecified atom stereocenters. The van der Waals surface area contributed by atoms with Gasteiger partial charge in [0.1, 0.15) is 17.7 Å². The molecule has 0 atom stereocenters. The van der Waals surface area contributed by atoms with Crippen LogP contribution in [0.3, 0.4) is 0 Å². The van der Waals surface area contributed by atoms with Crippen molar-refractivity contribution in [3.8, 4) is 28.1 Å². The van der Waals surface area contributed by atoms with E-state index in [1.165, 1.54) is 6.07 Å². The molecule has 138 valence electrons. The second-order valence-electron chi connectivity index (χ2n) is 6.50. The molecular weight excluding hydrogens is 345 g/mol. The second-order valence-corrected chi connectivity index (χ2v) is 6.50. The molecule has 0 amide bonds. The largest absolute Gasteiger partial charge is 0.474 e. The molecule has 27 heavy (non-hydrogen) atoms. The SMILES string of the molecule is Cc1ncc(-c2ccc(-c3cccnc3OC3CCOCC3)cc2F)cn1. The van der Waals surface area contributed by atoms with Crippen molar-refractivity contribution in [3.05, 3.63) is 60.6 Å². The summed E-state index contributed by atoms with van der Waals surface area (Å²) < 4.78 is 26.2. The summed E-state index contributed by atoms with van der Waals surface area (Å²) >= 11 is 0. The highest BCUT2D eigenvalue weighted by molar-refractivity contribution is 5.73. The Labute approximate surface area is 157 Å². The third-order valence-electron chi connectivity index (χ3n) is 4.59. The van der Waals surface area contributed by atoms with Crippen LogP contribution < -0.4 is 4.74 Å². The van der Waals surface area contributed by atoms with Gasteiger partial charge in [0.05, 0.1) is 13.2 Å². The van der Waals surface area contributed by atoms with Crippen LogP contribution in [0.15, 0.2) is 48.9 Å². The maximum absolute atomic E-state index is 14.8. The highest BCUT2D eigenvalue weighted by atomic mass is 19.1. The molecule has 3 heterocycles. The highest BCUT2D eigenvalue weighted by Gasteiger charge is 2.18. The van der Waals surface area contributed by atoms with Crippen LogP contribution in [0.4, 0.5) is 4.39 Å². The molecule has 0 radical (unpaired) electrons. The van der Waals surface area contributed by atoms with Gasteiger partial charge >= 0.3 is 0 Å². The predicted octanol–water partition coefficient (Wildman–Crippen LogP) is 4.21. The minimum Gasteiger partial charge on any atom is -0.474 e. The molecule has 1 aromatic carbocycles. The van der Waals surface area contributed by atoms with Gasteiger partial charge in [-0.2, -0.15) is 0 Å². The number of ether oxygens (including phenoxy) is 2. The minimum atomic E-state index is -0.333. The van der Waals surface area contributed by atoms with E-state index in [0.717, 1.165) is 24.0 Å². The Bertz CT molecular complexity index is 925. The summed E-state index contributed by atoms with van der Waals surface area (Å²) in [4.78, 5) is 12.6. The van der Waals surface area contributed by atoms with Gasteiger partial charge in [0.15, 0.2) is 0 Å². The van der Waals surface area contributed by atoms with Gasteiger partial charge < -0.3 is 9.47 Å². The van der Waals surface area contributed by atoms with Crippen molar-refractivity contribution in [2.75, 3.05) is 13.2 Å². The third kappa shape index (κ3) is 3.95. The summed E-state index contributed by atoms with van der Waals surface area (Å²) in [5.41, 5.74) is 2.61. The molecule has 1 fully saturated rings. The lowest BCUT2D eigenvalue weighted by molar-refractivity contribution is 0.0240. The number of hydrogen-bond acceptors (Lipinski definition) is 5. The first-order valence-corrected chi connectivity index (χ1v) is 8.99. The zero-order chi connectivity index (χ0) is 18.6. The molecular formula is C21H20FN3O2. The maximum atomic E-state index is 14.8. The number of hydrogen-bond donors (Lipinski definition) is 0. The van der Waals surface area contributed by atoms with Crippen molar-refractivity contribution in [1.82, 2.24) is 15.0 Å². The second kappa shape index (κ2) is 7.80. The van der Waals surface area contributed by atoms with E-state index < -0.39 is 0 Å². The fraction of sp³-hybridized carbons (Fsp3) is 0.286. The molecule has 6 heteroatoms. The average molecular weight is 365 g/mol. The summed E-state index contributed by atoms with van der Waals surface area (Å²) in [6.07, 6.45) is 6.68. The lowest BCUT2D eigenvalue weighted by Crippen LogP contribution is -2.26. The Morgan fingerprint density at radius 2 is 1.78 bits per heavy atom. The first-order valence-electron chi connectivity index (χ1n) is 8.99. The molecule has 0 saturated carbocycles. The first-order chi connectivity index (χ1) is 13.2. The van der Waals surface area contributed by atoms with Gasteiger partial charge in [-0.05, 0) is 30.7 Å². The quantitative estimate of drug-likeness (QED) is 0.693. The van der Waals surface area contributed by atoms with Crippen LogP contribution >= 0.6 is 0 Å². The van der Waals surface area contributed by atoms with Crippen LogP contribution in [0.2, 0.25) is 0 Å². The van der Waals surface area contributed by atoms with E-state index in [1.807, 2.05) is 18.2 Å². The molecule has 3 aromatic rings. The minimum absolute atomic E-state index is 0.0706. The zero-order valence-electron chi connectivity index (χ0n) is 15.1. The molecule has 1 aliphatic rings. The van der Waals surface area contributed by atoms with E-state index in [0.29, 0.717) is 36.0 Å². The lowest BCUT2D eigenvalue weighted by atomic mass is 10.0. The van der Waals surface area contributed by atoms with Crippen molar-refractivity contribution in [2.45, 2.75) is 25.9 Å². The molecule has 0 bridgehead atoms. The Morgan fingerprint density at radius 1 is 1.00 bits per heavy atom. The normalized spacial score (nSPS) is 14.9. The van der Waals surface area contributed by atoms with E-state index in [-0.39, 0.29) is 11.9 Å². The zero-order valence-corrected chi connectivity index (χ0v) is 15.1. The summed E-state index contributed by atoms with van der Waals surface area (Å²) in [6.45, 7) is 3.18. The van der Waals surface area contributed by atoms with Crippen LogP contribution in [0, 0.1) is 12.7 Å². The van der Waals surface area contributed by atoms with Crippen LogP contribution in [-0.4, -0.2) is 34.3 Å². The average Bonchev–Trinajstić information content (AvgIpc) is 2.70. The molecule has 0 N–H and O–H groups in total. The van der Waals surface area contributed by atoms with E-state index >= 15 is 0 Å². The monoisotopic (exact) mass is 365 g/mol. The van der Waals surface area contributed by atoms with Gasteiger partial charge in [-0.3, -0.25) is 0 Å². The summed E-state index contributed by atoms with van der Waals surface area (Å²) in [6, 6.07) is 8.83. The predicted molar refractivity (Wildman–Crippen MR) is 99.9 cm³/mol. The fourth-order valence-corrected chi connectivity index (χ4v) is 3.10. The van der Waals surface area contributed by atoms with Gasteiger partial charge in [0.25, 0.3) is 0 Å². The molecule has 1 aliphatic heterocycles. The number of rotatable bonds is 4. The Hall–Kier alpha value is -2.86. The van der Waals surface area contributed by atoms with Crippen molar-refractivity contribution in [3.63, 3.8) is 0 Å². The number of pyridine rings is 1. The van der Waals surface area contributed by atoms with Gasteiger partial charge in [0, 0.05) is 48.1 Å². The number of halogens is 1. The molecule has 1 saturated heterocycles. The molecule has 0 spiro atoms. The van der Waals surface area contributed by atoms with E-state index in [9.17, 15) is 4.39 Å². The van der Waals surface area contributed by atoms with Gasteiger partial charge in [-0.25, -0.2) is 19.3 Å². The smallest absolute Gasteiger partial charge is 0.221 e. The van der Waals surface area contributed by atoms with Crippen LogP contribution in [0.25, 0.3) is 22.3 Å². The van der Waals surface area contributed by atoms with Crippen molar-refractivity contribution in [1.29, 1.82) is 0 Å². The van der Waals surface area contributed by atoms with E-state index in [4.69, 9.17) is 9.47 Å². The molecule has 0 aliphatic carbocycles. The number of nitrogens with zero attached hydrogens (tertiary/aromatic N) is 3. The standard InChI is InChI=1S/C21H20FN3O2/c1-14-24-12-16(13-25-14)18-5-4-15(11-20(18)22)19-3-2-8-23-21(19)27-17-6-9-26-10-7-17/h2-5,8,11-13,17H,6-7,9-10H2,1H3. The molecule has 4 rings (SSSR count). The Kier molecular flexibility index (Phi) is 5.07. The van der Waals surface area contributed by atoms with E-state index in [1.54, 1.807) is 31.6 Å². The van der Waals surface area contributed by atoms with Gasteiger partial charge in [0.2, 0.25) is 5.88 Å². The van der Waals surface area contributed by atoms with E-state index in [2.05, 4.69) is 15.0 Å². The number of aryl methyl sites for hydroxylation is 1. The Balaban J connectivity index is 1.64.